The maximum absolute atomic E-state index is 14.1. The third kappa shape index (κ3) is 7.95. The van der Waals surface area contributed by atoms with Crippen molar-refractivity contribution in [2.75, 3.05) is 31.5 Å². The van der Waals surface area contributed by atoms with Crippen LogP contribution in [0.4, 0.5) is 5.69 Å². The molecule has 0 saturated heterocycles. The van der Waals surface area contributed by atoms with Gasteiger partial charge in [0.2, 0.25) is 11.8 Å². The molecule has 0 spiro atoms. The van der Waals surface area contributed by atoms with Crippen LogP contribution < -0.4 is 9.62 Å². The van der Waals surface area contributed by atoms with Crippen molar-refractivity contribution in [3.05, 3.63) is 100 Å². The first-order valence-corrected chi connectivity index (χ1v) is 14.5. The van der Waals surface area contributed by atoms with Crippen LogP contribution in [0.1, 0.15) is 18.1 Å². The van der Waals surface area contributed by atoms with Gasteiger partial charge in [-0.2, -0.15) is 12.7 Å². The number of hydrogen-bond donors (Lipinski definition) is 1. The fourth-order valence-corrected chi connectivity index (χ4v) is 5.37. The Labute approximate surface area is 240 Å². The minimum Gasteiger partial charge on any atom is -0.355 e. The van der Waals surface area contributed by atoms with Crippen molar-refractivity contribution >= 4 is 50.9 Å². The van der Waals surface area contributed by atoms with Crippen LogP contribution in [0.15, 0.2) is 78.9 Å². The van der Waals surface area contributed by atoms with E-state index in [0.717, 1.165) is 14.2 Å². The summed E-state index contributed by atoms with van der Waals surface area (Å²) >= 11 is 12.4. The zero-order chi connectivity index (χ0) is 28.6. The summed E-state index contributed by atoms with van der Waals surface area (Å²) in [7, 11) is -1.24. The first-order chi connectivity index (χ1) is 18.5. The summed E-state index contributed by atoms with van der Waals surface area (Å²) in [5.41, 5.74) is 1.81. The monoisotopic (exact) mass is 590 g/mol. The number of carbonyl (C=O) groups excluding carboxylic acids is 2. The molecule has 0 heterocycles. The molecule has 11 heteroatoms. The van der Waals surface area contributed by atoms with Crippen LogP contribution in [0.2, 0.25) is 10.0 Å². The predicted molar refractivity (Wildman–Crippen MR) is 156 cm³/mol. The van der Waals surface area contributed by atoms with Gasteiger partial charge in [0, 0.05) is 33.6 Å². The predicted octanol–water partition coefficient (Wildman–Crippen LogP) is 4.38. The molecular weight excluding hydrogens is 559 g/mol. The van der Waals surface area contributed by atoms with Crippen LogP contribution in [0.25, 0.3) is 0 Å². The zero-order valence-electron chi connectivity index (χ0n) is 22.1. The van der Waals surface area contributed by atoms with Gasteiger partial charge in [0.15, 0.2) is 0 Å². The van der Waals surface area contributed by atoms with Crippen molar-refractivity contribution in [1.82, 2.24) is 14.5 Å². The number of carbonyl (C=O) groups is 2. The van der Waals surface area contributed by atoms with E-state index in [1.807, 2.05) is 30.3 Å². The summed E-state index contributed by atoms with van der Waals surface area (Å²) in [6.45, 7) is 1.65. The SMILES string of the molecule is CCNC(=O)[C@@H](Cc1ccccc1)N(Cc1ccc(Cl)c(Cl)c1)C(=O)CN(c1ccccc1)S(=O)(=O)N(C)C. The number of likely N-dealkylation sites (N-methyl/N-ethyl adjacent to an activating group) is 1. The second-order valence-corrected chi connectivity index (χ2v) is 11.9. The van der Waals surface area contributed by atoms with Crippen molar-refractivity contribution < 1.29 is 18.0 Å². The van der Waals surface area contributed by atoms with E-state index in [2.05, 4.69) is 5.32 Å². The summed E-state index contributed by atoms with van der Waals surface area (Å²) in [4.78, 5) is 28.8. The second kappa shape index (κ2) is 13.8. The Morgan fingerprint density at radius 1 is 0.872 bits per heavy atom. The van der Waals surface area contributed by atoms with Gasteiger partial charge in [-0.05, 0) is 42.3 Å². The van der Waals surface area contributed by atoms with E-state index in [0.29, 0.717) is 27.8 Å². The quantitative estimate of drug-likeness (QED) is 0.339. The summed E-state index contributed by atoms with van der Waals surface area (Å²) in [5.74, 6) is -0.904. The van der Waals surface area contributed by atoms with E-state index in [-0.39, 0.29) is 18.9 Å². The van der Waals surface area contributed by atoms with Crippen molar-refractivity contribution in [2.45, 2.75) is 25.9 Å². The Morgan fingerprint density at radius 2 is 1.49 bits per heavy atom. The molecule has 3 aromatic carbocycles. The highest BCUT2D eigenvalue weighted by molar-refractivity contribution is 7.90. The molecule has 0 fully saturated rings. The highest BCUT2D eigenvalue weighted by Gasteiger charge is 2.34. The molecule has 1 atom stereocenters. The van der Waals surface area contributed by atoms with Gasteiger partial charge in [-0.1, -0.05) is 77.8 Å². The molecule has 0 aromatic heterocycles. The summed E-state index contributed by atoms with van der Waals surface area (Å²) in [5, 5.41) is 3.48. The van der Waals surface area contributed by atoms with Gasteiger partial charge < -0.3 is 10.2 Å². The fourth-order valence-electron chi connectivity index (χ4n) is 3.99. The third-order valence-corrected chi connectivity index (χ3v) is 8.58. The molecule has 8 nitrogen and oxygen atoms in total. The molecule has 0 aliphatic rings. The molecular formula is C28H32Cl2N4O4S. The number of hydrogen-bond acceptors (Lipinski definition) is 4. The van der Waals surface area contributed by atoms with Gasteiger partial charge in [0.25, 0.3) is 0 Å². The zero-order valence-corrected chi connectivity index (χ0v) is 24.4. The average molecular weight is 592 g/mol. The molecule has 0 radical (unpaired) electrons. The van der Waals surface area contributed by atoms with Crippen LogP contribution in [0.5, 0.6) is 0 Å². The molecule has 0 unspecified atom stereocenters. The average Bonchev–Trinajstić information content (AvgIpc) is 2.92. The molecule has 0 saturated carbocycles. The lowest BCUT2D eigenvalue weighted by molar-refractivity contribution is -0.140. The van der Waals surface area contributed by atoms with E-state index >= 15 is 0 Å². The first kappa shape index (κ1) is 30.4. The molecule has 1 N–H and O–H groups in total. The van der Waals surface area contributed by atoms with Gasteiger partial charge >= 0.3 is 10.2 Å². The van der Waals surface area contributed by atoms with Gasteiger partial charge in [0.1, 0.15) is 12.6 Å². The normalized spacial score (nSPS) is 12.2. The number of halogens is 2. The van der Waals surface area contributed by atoms with Crippen LogP contribution in [0.3, 0.4) is 0 Å². The van der Waals surface area contributed by atoms with Crippen molar-refractivity contribution in [3.63, 3.8) is 0 Å². The number of anilines is 1. The number of benzene rings is 3. The highest BCUT2D eigenvalue weighted by Crippen LogP contribution is 2.25. The van der Waals surface area contributed by atoms with Crippen molar-refractivity contribution in [1.29, 1.82) is 0 Å². The molecule has 2 amide bonds. The van der Waals surface area contributed by atoms with Gasteiger partial charge in [-0.25, -0.2) is 4.31 Å². The van der Waals surface area contributed by atoms with Crippen molar-refractivity contribution in [3.8, 4) is 0 Å². The Hall–Kier alpha value is -3.11. The number of nitrogens with zero attached hydrogens (tertiary/aromatic N) is 3. The minimum absolute atomic E-state index is 0.00893. The van der Waals surface area contributed by atoms with Crippen molar-refractivity contribution in [2.24, 2.45) is 0 Å². The van der Waals surface area contributed by atoms with E-state index in [1.54, 1.807) is 55.5 Å². The second-order valence-electron chi connectivity index (χ2n) is 9.00. The van der Waals surface area contributed by atoms with E-state index in [4.69, 9.17) is 23.2 Å². The first-order valence-electron chi connectivity index (χ1n) is 12.3. The Balaban J connectivity index is 2.08. The number of para-hydroxylation sites is 1. The molecule has 0 aliphatic heterocycles. The lowest BCUT2D eigenvalue weighted by Gasteiger charge is -2.34. The van der Waals surface area contributed by atoms with Crippen LogP contribution in [0, 0.1) is 0 Å². The standard InChI is InChI=1S/C28H32Cl2N4O4S/c1-4-31-28(36)26(18-21-11-7-5-8-12-21)33(19-22-15-16-24(29)25(30)17-22)27(35)20-34(39(37,38)32(2)3)23-13-9-6-10-14-23/h5-17,26H,4,18-20H2,1-3H3,(H,31,36)/t26-/m1/s1. The maximum atomic E-state index is 14.1. The van der Waals surface area contributed by atoms with E-state index in [1.165, 1.54) is 19.0 Å². The molecule has 3 rings (SSSR count). The van der Waals surface area contributed by atoms with Gasteiger partial charge in [0.05, 0.1) is 15.7 Å². The summed E-state index contributed by atoms with van der Waals surface area (Å²) in [6, 6.07) is 21.8. The number of rotatable bonds is 12. The Bertz CT molecular complexity index is 1370. The fraction of sp³-hybridized carbons (Fsp3) is 0.286. The molecule has 0 bridgehead atoms. The van der Waals surface area contributed by atoms with Crippen LogP contribution in [-0.2, 0) is 32.8 Å². The van der Waals surface area contributed by atoms with Crippen LogP contribution >= 0.6 is 23.2 Å². The highest BCUT2D eigenvalue weighted by atomic mass is 35.5. The third-order valence-electron chi connectivity index (χ3n) is 6.02. The van der Waals surface area contributed by atoms with Crippen LogP contribution in [-0.4, -0.2) is 62.7 Å². The van der Waals surface area contributed by atoms with Gasteiger partial charge in [-0.15, -0.1) is 0 Å². The Kier molecular flexibility index (Phi) is 10.8. The number of amides is 2. The lowest BCUT2D eigenvalue weighted by atomic mass is 10.0. The molecule has 0 aliphatic carbocycles. The largest absolute Gasteiger partial charge is 0.355 e. The summed E-state index contributed by atoms with van der Waals surface area (Å²) in [6.07, 6.45) is 0.228. The smallest absolute Gasteiger partial charge is 0.304 e. The number of nitrogens with one attached hydrogen (secondary N) is 1. The molecule has 3 aromatic rings. The topological polar surface area (TPSA) is 90.0 Å². The summed E-state index contributed by atoms with van der Waals surface area (Å²) < 4.78 is 28.7. The molecule has 208 valence electrons. The lowest BCUT2D eigenvalue weighted by Crippen LogP contribution is -2.54. The maximum Gasteiger partial charge on any atom is 0.304 e. The van der Waals surface area contributed by atoms with Gasteiger partial charge in [-0.3, -0.25) is 9.59 Å². The van der Waals surface area contributed by atoms with E-state index < -0.39 is 28.7 Å². The molecule has 39 heavy (non-hydrogen) atoms. The minimum atomic E-state index is -4.04. The van der Waals surface area contributed by atoms with E-state index in [9.17, 15) is 18.0 Å². The Morgan fingerprint density at radius 3 is 2.05 bits per heavy atom.